The monoisotopic (exact) mass is 337 g/mol. The van der Waals surface area contributed by atoms with E-state index < -0.39 is 0 Å². The second kappa shape index (κ2) is 8.92. The Hall–Kier alpha value is -2.76. The number of hydrogen-bond donors (Lipinski definition) is 0. The van der Waals surface area contributed by atoms with Gasteiger partial charge in [0, 0.05) is 43.3 Å². The molecular formula is C19H23N5O. The van der Waals surface area contributed by atoms with Crippen LogP contribution >= 0.6 is 0 Å². The third-order valence-corrected chi connectivity index (χ3v) is 4.17. The van der Waals surface area contributed by atoms with Gasteiger partial charge in [0.05, 0.1) is 6.20 Å². The zero-order valence-electron chi connectivity index (χ0n) is 14.3. The highest BCUT2D eigenvalue weighted by atomic mass is 16.1. The highest BCUT2D eigenvalue weighted by Gasteiger charge is 2.04. The lowest BCUT2D eigenvalue weighted by atomic mass is 10.1. The summed E-state index contributed by atoms with van der Waals surface area (Å²) in [5, 5.41) is 8.36. The SMILES string of the molecule is O=C(CCCCCCCn1cc(-c2cccnc2)nn1)n1cccc1. The van der Waals surface area contributed by atoms with Gasteiger partial charge in [-0.2, -0.15) is 0 Å². The molecule has 6 heteroatoms. The maximum Gasteiger partial charge on any atom is 0.230 e. The van der Waals surface area contributed by atoms with Crippen molar-refractivity contribution >= 4 is 5.91 Å². The summed E-state index contributed by atoms with van der Waals surface area (Å²) >= 11 is 0. The van der Waals surface area contributed by atoms with Crippen LogP contribution in [0.1, 0.15) is 43.3 Å². The zero-order chi connectivity index (χ0) is 17.3. The van der Waals surface area contributed by atoms with Crippen molar-refractivity contribution in [3.8, 4) is 11.3 Å². The summed E-state index contributed by atoms with van der Waals surface area (Å²) in [6.45, 7) is 0.871. The van der Waals surface area contributed by atoms with Crippen molar-refractivity contribution in [2.45, 2.75) is 45.1 Å². The van der Waals surface area contributed by atoms with Crippen LogP contribution in [0.25, 0.3) is 11.3 Å². The molecule has 0 aromatic carbocycles. The molecule has 0 bridgehead atoms. The fourth-order valence-electron chi connectivity index (χ4n) is 2.76. The summed E-state index contributed by atoms with van der Waals surface area (Å²) in [4.78, 5) is 15.9. The first-order chi connectivity index (χ1) is 12.3. The van der Waals surface area contributed by atoms with Gasteiger partial charge in [0.15, 0.2) is 0 Å². The first-order valence-corrected chi connectivity index (χ1v) is 8.79. The van der Waals surface area contributed by atoms with Crippen molar-refractivity contribution in [3.05, 3.63) is 55.2 Å². The van der Waals surface area contributed by atoms with Crippen LogP contribution in [0.3, 0.4) is 0 Å². The first-order valence-electron chi connectivity index (χ1n) is 8.79. The smallest absolute Gasteiger partial charge is 0.230 e. The molecule has 0 aliphatic rings. The number of hydrogen-bond acceptors (Lipinski definition) is 4. The Morgan fingerprint density at radius 1 is 1.00 bits per heavy atom. The summed E-state index contributed by atoms with van der Waals surface area (Å²) in [5.74, 6) is 0.176. The van der Waals surface area contributed by atoms with Crippen LogP contribution in [-0.4, -0.2) is 30.5 Å². The molecule has 3 heterocycles. The topological polar surface area (TPSA) is 65.6 Å². The normalized spacial score (nSPS) is 10.9. The molecule has 0 atom stereocenters. The number of rotatable bonds is 9. The molecule has 130 valence electrons. The third-order valence-electron chi connectivity index (χ3n) is 4.17. The largest absolute Gasteiger partial charge is 0.295 e. The molecule has 3 aromatic rings. The minimum Gasteiger partial charge on any atom is -0.295 e. The molecule has 0 N–H and O–H groups in total. The summed E-state index contributed by atoms with van der Waals surface area (Å²) in [6, 6.07) is 7.63. The number of carbonyl (C=O) groups is 1. The van der Waals surface area contributed by atoms with Gasteiger partial charge in [-0.25, -0.2) is 0 Å². The maximum atomic E-state index is 11.8. The summed E-state index contributed by atoms with van der Waals surface area (Å²) in [5.41, 5.74) is 1.85. The van der Waals surface area contributed by atoms with E-state index in [4.69, 9.17) is 0 Å². The van der Waals surface area contributed by atoms with Crippen molar-refractivity contribution in [2.24, 2.45) is 0 Å². The molecule has 3 aromatic heterocycles. The van der Waals surface area contributed by atoms with Crippen LogP contribution in [0.4, 0.5) is 0 Å². The van der Waals surface area contributed by atoms with Gasteiger partial charge in [-0.05, 0) is 37.1 Å². The Balaban J connectivity index is 1.29. The van der Waals surface area contributed by atoms with Crippen LogP contribution in [0.2, 0.25) is 0 Å². The number of carbonyl (C=O) groups excluding carboxylic acids is 1. The average Bonchev–Trinajstić information content (AvgIpc) is 3.33. The number of unbranched alkanes of at least 4 members (excludes halogenated alkanes) is 4. The molecule has 0 aliphatic heterocycles. The highest BCUT2D eigenvalue weighted by Crippen LogP contribution is 2.14. The van der Waals surface area contributed by atoms with Crippen molar-refractivity contribution < 1.29 is 4.79 Å². The van der Waals surface area contributed by atoms with E-state index >= 15 is 0 Å². The van der Waals surface area contributed by atoms with Crippen molar-refractivity contribution in [1.29, 1.82) is 0 Å². The maximum absolute atomic E-state index is 11.8. The molecule has 0 amide bonds. The van der Waals surface area contributed by atoms with E-state index in [0.29, 0.717) is 6.42 Å². The van der Waals surface area contributed by atoms with Crippen LogP contribution in [-0.2, 0) is 6.54 Å². The van der Waals surface area contributed by atoms with Crippen LogP contribution in [0.5, 0.6) is 0 Å². The Labute approximate surface area is 147 Å². The molecule has 3 rings (SSSR count). The van der Waals surface area contributed by atoms with E-state index in [2.05, 4.69) is 15.3 Å². The molecule has 0 spiro atoms. The summed E-state index contributed by atoms with van der Waals surface area (Å²) < 4.78 is 3.54. The van der Waals surface area contributed by atoms with Gasteiger partial charge in [-0.1, -0.05) is 24.5 Å². The van der Waals surface area contributed by atoms with E-state index in [0.717, 1.165) is 49.9 Å². The fraction of sp³-hybridized carbons (Fsp3) is 0.368. The van der Waals surface area contributed by atoms with Gasteiger partial charge < -0.3 is 0 Å². The standard InChI is InChI=1S/C19H23N5O/c25-19(23-12-6-7-13-23)10-4-2-1-3-5-14-24-16-18(21-22-24)17-9-8-11-20-15-17/h6-9,11-13,15-16H,1-5,10,14H2. The minimum atomic E-state index is 0.176. The number of nitrogens with zero attached hydrogens (tertiary/aromatic N) is 5. The van der Waals surface area contributed by atoms with Crippen LogP contribution < -0.4 is 0 Å². The lowest BCUT2D eigenvalue weighted by molar-refractivity contribution is 0.0899. The Morgan fingerprint density at radius 2 is 1.80 bits per heavy atom. The Kier molecular flexibility index (Phi) is 6.09. The first kappa shape index (κ1) is 17.1. The van der Waals surface area contributed by atoms with Crippen molar-refractivity contribution in [3.63, 3.8) is 0 Å². The fourth-order valence-corrected chi connectivity index (χ4v) is 2.76. The quantitative estimate of drug-likeness (QED) is 0.557. The average molecular weight is 337 g/mol. The molecule has 0 radical (unpaired) electrons. The number of aromatic nitrogens is 5. The van der Waals surface area contributed by atoms with Gasteiger partial charge in [0.1, 0.15) is 5.69 Å². The van der Waals surface area contributed by atoms with E-state index in [1.165, 1.54) is 0 Å². The van der Waals surface area contributed by atoms with Crippen molar-refractivity contribution in [2.75, 3.05) is 0 Å². The van der Waals surface area contributed by atoms with E-state index in [1.807, 2.05) is 35.1 Å². The predicted octanol–water partition coefficient (Wildman–Crippen LogP) is 3.82. The van der Waals surface area contributed by atoms with Gasteiger partial charge in [-0.15, -0.1) is 5.10 Å². The van der Waals surface area contributed by atoms with Gasteiger partial charge in [0.2, 0.25) is 5.91 Å². The van der Waals surface area contributed by atoms with Gasteiger partial charge >= 0.3 is 0 Å². The molecule has 25 heavy (non-hydrogen) atoms. The van der Waals surface area contributed by atoms with E-state index in [-0.39, 0.29) is 5.91 Å². The van der Waals surface area contributed by atoms with Gasteiger partial charge in [-0.3, -0.25) is 19.0 Å². The van der Waals surface area contributed by atoms with E-state index in [1.54, 1.807) is 29.4 Å². The lowest BCUT2D eigenvalue weighted by Crippen LogP contribution is -2.07. The molecule has 0 saturated carbocycles. The third kappa shape index (κ3) is 5.11. The highest BCUT2D eigenvalue weighted by molar-refractivity contribution is 5.78. The Morgan fingerprint density at radius 3 is 2.60 bits per heavy atom. The molecular weight excluding hydrogens is 314 g/mol. The lowest BCUT2D eigenvalue weighted by Gasteiger charge is -2.03. The number of aryl methyl sites for hydroxylation is 1. The zero-order valence-corrected chi connectivity index (χ0v) is 14.3. The Bertz CT molecular complexity index is 764. The molecule has 0 aliphatic carbocycles. The molecule has 0 saturated heterocycles. The van der Waals surface area contributed by atoms with Crippen LogP contribution in [0, 0.1) is 0 Å². The number of pyridine rings is 1. The van der Waals surface area contributed by atoms with E-state index in [9.17, 15) is 4.79 Å². The molecule has 0 fully saturated rings. The molecule has 6 nitrogen and oxygen atoms in total. The van der Waals surface area contributed by atoms with Crippen LogP contribution in [0.15, 0.2) is 55.2 Å². The van der Waals surface area contributed by atoms with Gasteiger partial charge in [0.25, 0.3) is 0 Å². The van der Waals surface area contributed by atoms with Crippen molar-refractivity contribution in [1.82, 2.24) is 24.5 Å². The summed E-state index contributed by atoms with van der Waals surface area (Å²) in [7, 11) is 0. The second-order valence-corrected chi connectivity index (χ2v) is 6.11. The predicted molar refractivity (Wildman–Crippen MR) is 96.0 cm³/mol. The second-order valence-electron chi connectivity index (χ2n) is 6.11. The molecule has 0 unspecified atom stereocenters. The minimum absolute atomic E-state index is 0.176. The summed E-state index contributed by atoms with van der Waals surface area (Å²) in [6.07, 6.45) is 15.1.